The maximum Gasteiger partial charge on any atom is 0.182 e. The van der Waals surface area contributed by atoms with Gasteiger partial charge in [0.05, 0.1) is 6.04 Å². The van der Waals surface area contributed by atoms with E-state index in [1.54, 1.807) is 0 Å². The Kier molecular flexibility index (Phi) is 3.83. The van der Waals surface area contributed by atoms with Gasteiger partial charge in [0.25, 0.3) is 0 Å². The maximum atomic E-state index is 12.9. The zero-order valence-corrected chi connectivity index (χ0v) is 12.6. The van der Waals surface area contributed by atoms with Crippen molar-refractivity contribution in [3.63, 3.8) is 0 Å². The van der Waals surface area contributed by atoms with Crippen LogP contribution in [0.5, 0.6) is 0 Å². The van der Waals surface area contributed by atoms with Gasteiger partial charge in [0.2, 0.25) is 0 Å². The Morgan fingerprint density at radius 3 is 2.95 bits per heavy atom. The van der Waals surface area contributed by atoms with Crippen molar-refractivity contribution in [1.82, 2.24) is 9.88 Å². The summed E-state index contributed by atoms with van der Waals surface area (Å²) in [5.74, 6) is 0.479. The molecule has 3 rings (SSSR count). The van der Waals surface area contributed by atoms with Crippen molar-refractivity contribution in [3.8, 4) is 0 Å². The van der Waals surface area contributed by atoms with Crippen LogP contribution in [0.1, 0.15) is 29.4 Å². The highest BCUT2D eigenvalue weighted by Gasteiger charge is 2.31. The number of aliphatic hydroxyl groups is 1. The zero-order valence-electron chi connectivity index (χ0n) is 12.6. The molecule has 2 heterocycles. The van der Waals surface area contributed by atoms with Crippen LogP contribution in [0.15, 0.2) is 24.3 Å². The number of nitrogens with zero attached hydrogens (tertiary/aromatic N) is 1. The summed E-state index contributed by atoms with van der Waals surface area (Å²) in [6.45, 7) is 5.84. The molecular weight excluding hydrogens is 264 g/mol. The van der Waals surface area contributed by atoms with Gasteiger partial charge in [-0.2, -0.15) is 0 Å². The van der Waals surface area contributed by atoms with Crippen molar-refractivity contribution in [3.05, 3.63) is 35.5 Å². The number of ketones is 1. The van der Waals surface area contributed by atoms with Gasteiger partial charge in [0.15, 0.2) is 5.78 Å². The van der Waals surface area contributed by atoms with Gasteiger partial charge in [0, 0.05) is 35.3 Å². The molecule has 2 aromatic rings. The number of carbonyl (C=O) groups is 1. The lowest BCUT2D eigenvalue weighted by molar-refractivity contribution is 0.0859. The van der Waals surface area contributed by atoms with E-state index in [-0.39, 0.29) is 18.4 Å². The smallest absolute Gasteiger partial charge is 0.182 e. The van der Waals surface area contributed by atoms with Gasteiger partial charge in [-0.1, -0.05) is 18.2 Å². The van der Waals surface area contributed by atoms with Crippen LogP contribution < -0.4 is 0 Å². The molecule has 2 atom stereocenters. The number of Topliss-reactive ketones (excluding diaryl/α,β-unsaturated/α-hetero) is 1. The van der Waals surface area contributed by atoms with Gasteiger partial charge in [-0.05, 0) is 38.8 Å². The van der Waals surface area contributed by atoms with Gasteiger partial charge < -0.3 is 10.1 Å². The number of aromatic nitrogens is 1. The number of hydrogen-bond donors (Lipinski definition) is 2. The number of aryl methyl sites for hydroxylation is 1. The third-order valence-electron chi connectivity index (χ3n) is 4.64. The van der Waals surface area contributed by atoms with Gasteiger partial charge >= 0.3 is 0 Å². The molecule has 4 heteroatoms. The Balaban J connectivity index is 1.88. The van der Waals surface area contributed by atoms with E-state index in [4.69, 9.17) is 0 Å². The molecule has 0 radical (unpaired) electrons. The molecule has 4 nitrogen and oxygen atoms in total. The minimum atomic E-state index is -0.139. The second-order valence-electron chi connectivity index (χ2n) is 6.04. The first kappa shape index (κ1) is 14.3. The number of benzene rings is 1. The highest BCUT2D eigenvalue weighted by molar-refractivity contribution is 6.11. The number of H-pyrrole nitrogens is 1. The average Bonchev–Trinajstić information content (AvgIpc) is 3.09. The highest BCUT2D eigenvalue weighted by atomic mass is 16.3. The second-order valence-corrected chi connectivity index (χ2v) is 6.04. The van der Waals surface area contributed by atoms with Crippen molar-refractivity contribution in [2.45, 2.75) is 26.3 Å². The monoisotopic (exact) mass is 286 g/mol. The predicted octanol–water partition coefficient (Wildman–Crippen LogP) is 2.36. The quantitative estimate of drug-likeness (QED) is 0.848. The number of hydrogen-bond acceptors (Lipinski definition) is 3. The Morgan fingerprint density at radius 2 is 2.24 bits per heavy atom. The largest absolute Gasteiger partial charge is 0.396 e. The summed E-state index contributed by atoms with van der Waals surface area (Å²) < 4.78 is 0. The topological polar surface area (TPSA) is 56.3 Å². The standard InChI is InChI=1S/C17H22N2O2/c1-11-16(14-5-3-4-6-15(14)18-11)17(21)12(2)19-8-7-13(9-19)10-20/h3-6,12-13,18,20H,7-10H2,1-2H3. The third-order valence-corrected chi connectivity index (χ3v) is 4.64. The van der Waals surface area contributed by atoms with Gasteiger partial charge in [-0.15, -0.1) is 0 Å². The van der Waals surface area contributed by atoms with Crippen molar-refractivity contribution in [2.75, 3.05) is 19.7 Å². The molecule has 0 aliphatic carbocycles. The summed E-state index contributed by atoms with van der Waals surface area (Å²) in [4.78, 5) is 18.4. The minimum Gasteiger partial charge on any atom is -0.396 e. The number of likely N-dealkylation sites (tertiary alicyclic amines) is 1. The lowest BCUT2D eigenvalue weighted by Gasteiger charge is -2.23. The van der Waals surface area contributed by atoms with Crippen LogP contribution in [0.25, 0.3) is 10.9 Å². The molecule has 0 spiro atoms. The molecule has 1 aromatic carbocycles. The number of nitrogens with one attached hydrogen (secondary N) is 1. The molecule has 0 bridgehead atoms. The lowest BCUT2D eigenvalue weighted by Crippen LogP contribution is -2.37. The van der Waals surface area contributed by atoms with Crippen LogP contribution in [0, 0.1) is 12.8 Å². The fourth-order valence-corrected chi connectivity index (χ4v) is 3.33. The first-order chi connectivity index (χ1) is 10.1. The first-order valence-electron chi connectivity index (χ1n) is 7.58. The summed E-state index contributed by atoms with van der Waals surface area (Å²) in [5.41, 5.74) is 2.76. The number of para-hydroxylation sites is 1. The van der Waals surface area contributed by atoms with Crippen LogP contribution in [0.4, 0.5) is 0 Å². The van der Waals surface area contributed by atoms with E-state index in [9.17, 15) is 9.90 Å². The molecule has 1 aliphatic rings. The molecule has 0 amide bonds. The number of fused-ring (bicyclic) bond motifs is 1. The first-order valence-corrected chi connectivity index (χ1v) is 7.58. The molecule has 1 aromatic heterocycles. The summed E-state index contributed by atoms with van der Waals surface area (Å²) in [5, 5.41) is 10.3. The summed E-state index contributed by atoms with van der Waals surface area (Å²) >= 11 is 0. The van der Waals surface area contributed by atoms with E-state index in [0.29, 0.717) is 5.92 Å². The number of rotatable bonds is 4. The van der Waals surface area contributed by atoms with E-state index in [2.05, 4.69) is 9.88 Å². The predicted molar refractivity (Wildman–Crippen MR) is 83.6 cm³/mol. The molecule has 0 saturated carbocycles. The van der Waals surface area contributed by atoms with Crippen molar-refractivity contribution in [1.29, 1.82) is 0 Å². The third kappa shape index (κ3) is 2.49. The molecule has 1 aliphatic heterocycles. The van der Waals surface area contributed by atoms with E-state index >= 15 is 0 Å². The van der Waals surface area contributed by atoms with Gasteiger partial charge in [-0.3, -0.25) is 9.69 Å². The molecule has 112 valence electrons. The molecule has 1 fully saturated rings. The van der Waals surface area contributed by atoms with E-state index < -0.39 is 0 Å². The molecule has 2 unspecified atom stereocenters. The molecular formula is C17H22N2O2. The Bertz CT molecular complexity index is 662. The molecule has 21 heavy (non-hydrogen) atoms. The SMILES string of the molecule is Cc1[nH]c2ccccc2c1C(=O)C(C)N1CCC(CO)C1. The van der Waals surface area contributed by atoms with Crippen molar-refractivity contribution < 1.29 is 9.90 Å². The van der Waals surface area contributed by atoms with Crippen molar-refractivity contribution in [2.24, 2.45) is 5.92 Å². The fraction of sp³-hybridized carbons (Fsp3) is 0.471. The fourth-order valence-electron chi connectivity index (χ4n) is 3.33. The number of carbonyl (C=O) groups excluding carboxylic acids is 1. The molecule has 1 saturated heterocycles. The van der Waals surface area contributed by atoms with E-state index in [1.165, 1.54) is 0 Å². The van der Waals surface area contributed by atoms with E-state index in [1.807, 2.05) is 38.1 Å². The summed E-state index contributed by atoms with van der Waals surface area (Å²) in [6, 6.07) is 7.80. The van der Waals surface area contributed by atoms with Crippen LogP contribution in [-0.2, 0) is 0 Å². The zero-order chi connectivity index (χ0) is 15.0. The maximum absolute atomic E-state index is 12.9. The number of aliphatic hydroxyl groups excluding tert-OH is 1. The summed E-state index contributed by atoms with van der Waals surface area (Å²) in [7, 11) is 0. The normalized spacial score (nSPS) is 21.0. The summed E-state index contributed by atoms with van der Waals surface area (Å²) in [6.07, 6.45) is 0.973. The number of aromatic amines is 1. The van der Waals surface area contributed by atoms with Crippen LogP contribution in [-0.4, -0.2) is 46.5 Å². The Morgan fingerprint density at radius 1 is 1.48 bits per heavy atom. The lowest BCUT2D eigenvalue weighted by atomic mass is 10.0. The Labute approximate surface area is 124 Å². The molecule has 2 N–H and O–H groups in total. The van der Waals surface area contributed by atoms with Crippen LogP contribution in [0.3, 0.4) is 0 Å². The van der Waals surface area contributed by atoms with Gasteiger partial charge in [0.1, 0.15) is 0 Å². The highest BCUT2D eigenvalue weighted by Crippen LogP contribution is 2.26. The Hall–Kier alpha value is -1.65. The van der Waals surface area contributed by atoms with Crippen molar-refractivity contribution >= 4 is 16.7 Å². The van der Waals surface area contributed by atoms with Crippen LogP contribution in [0.2, 0.25) is 0 Å². The average molecular weight is 286 g/mol. The second kappa shape index (κ2) is 5.62. The van der Waals surface area contributed by atoms with Crippen LogP contribution >= 0.6 is 0 Å². The minimum absolute atomic E-state index is 0.139. The van der Waals surface area contributed by atoms with E-state index in [0.717, 1.165) is 41.7 Å². The van der Waals surface area contributed by atoms with Gasteiger partial charge in [-0.25, -0.2) is 0 Å².